The second kappa shape index (κ2) is 10.3. The minimum absolute atomic E-state index is 0.00990. The number of imide groups is 1. The van der Waals surface area contributed by atoms with Gasteiger partial charge in [-0.2, -0.15) is 0 Å². The molecule has 1 aliphatic heterocycles. The maximum atomic E-state index is 15.0. The van der Waals surface area contributed by atoms with Crippen LogP contribution in [0.4, 0.5) is 13.6 Å². The number of hydrogen-bond donors (Lipinski definition) is 2. The van der Waals surface area contributed by atoms with Crippen LogP contribution in [0.25, 0.3) is 0 Å². The van der Waals surface area contributed by atoms with Crippen LogP contribution in [-0.4, -0.2) is 56.4 Å². The molecule has 33 heavy (non-hydrogen) atoms. The number of nitrogens with one attached hydrogen (secondary N) is 2. The number of carbonyl (C=O) groups excluding carboxylic acids is 2. The van der Waals surface area contributed by atoms with Crippen molar-refractivity contribution in [2.75, 3.05) is 25.4 Å². The molecular formula is C22H31F2N3O5S. The van der Waals surface area contributed by atoms with E-state index < -0.39 is 33.6 Å². The van der Waals surface area contributed by atoms with E-state index in [1.54, 1.807) is 0 Å². The minimum Gasteiger partial charge on any atom is -0.490 e. The van der Waals surface area contributed by atoms with Crippen LogP contribution in [-0.2, 0) is 14.8 Å². The fourth-order valence-corrected chi connectivity index (χ4v) is 5.06. The standard InChI is InChI=1S/C22H31F2N3O5S/c1-22(2,24)20(16-8-9-17(23)18(12-16)32-14-15-6-7-15)26-33(30,31)11-5-3-4-10-27-13-19(28)25-21(27)29/h8-9,12,15,20,26H,3-7,10-11,13-14H2,1-2H3,(H,25,28,29)/t20-/m1/s1. The van der Waals surface area contributed by atoms with Gasteiger partial charge in [0.25, 0.3) is 0 Å². The molecule has 0 aromatic heterocycles. The van der Waals surface area contributed by atoms with Crippen LogP contribution in [0, 0.1) is 11.7 Å². The van der Waals surface area contributed by atoms with Crippen molar-refractivity contribution >= 4 is 22.0 Å². The monoisotopic (exact) mass is 487 g/mol. The lowest BCUT2D eigenvalue weighted by Gasteiger charge is -2.28. The molecule has 1 saturated carbocycles. The summed E-state index contributed by atoms with van der Waals surface area (Å²) < 4.78 is 62.3. The SMILES string of the molecule is CC(C)(F)[C@H](NS(=O)(=O)CCCCCN1CC(=O)NC1=O)c1ccc(F)c(OCC2CC2)c1. The molecule has 8 nitrogen and oxygen atoms in total. The van der Waals surface area contributed by atoms with Gasteiger partial charge in [-0.25, -0.2) is 26.7 Å². The quantitative estimate of drug-likeness (QED) is 0.329. The highest BCUT2D eigenvalue weighted by Gasteiger charge is 2.35. The summed E-state index contributed by atoms with van der Waals surface area (Å²) in [6.45, 7) is 3.26. The van der Waals surface area contributed by atoms with Gasteiger partial charge in [0.1, 0.15) is 12.2 Å². The highest BCUT2D eigenvalue weighted by Crippen LogP contribution is 2.34. The van der Waals surface area contributed by atoms with Crippen molar-refractivity contribution in [3.63, 3.8) is 0 Å². The van der Waals surface area contributed by atoms with Crippen molar-refractivity contribution in [1.82, 2.24) is 14.9 Å². The average molecular weight is 488 g/mol. The zero-order valence-electron chi connectivity index (χ0n) is 18.9. The lowest BCUT2D eigenvalue weighted by molar-refractivity contribution is -0.118. The van der Waals surface area contributed by atoms with Gasteiger partial charge in [0.05, 0.1) is 18.4 Å². The fraction of sp³-hybridized carbons (Fsp3) is 0.636. The number of urea groups is 1. The predicted molar refractivity (Wildman–Crippen MR) is 118 cm³/mol. The number of ether oxygens (including phenoxy) is 1. The number of benzene rings is 1. The smallest absolute Gasteiger partial charge is 0.324 e. The van der Waals surface area contributed by atoms with E-state index in [1.807, 2.05) is 0 Å². The third-order valence-corrected chi connectivity index (χ3v) is 7.07. The molecule has 2 fully saturated rings. The first-order valence-electron chi connectivity index (χ1n) is 11.1. The summed E-state index contributed by atoms with van der Waals surface area (Å²) in [5.74, 6) is -0.770. The minimum atomic E-state index is -3.84. The van der Waals surface area contributed by atoms with E-state index >= 15 is 0 Å². The van der Waals surface area contributed by atoms with E-state index in [9.17, 15) is 26.8 Å². The van der Waals surface area contributed by atoms with Gasteiger partial charge in [-0.05, 0) is 63.1 Å². The molecule has 1 atom stereocenters. The Kier molecular flexibility index (Phi) is 7.94. The van der Waals surface area contributed by atoms with Gasteiger partial charge in [0.15, 0.2) is 11.6 Å². The summed E-state index contributed by atoms with van der Waals surface area (Å²) in [4.78, 5) is 24.0. The molecule has 11 heteroatoms. The van der Waals surface area contributed by atoms with Gasteiger partial charge in [0, 0.05) is 6.54 Å². The fourth-order valence-electron chi connectivity index (χ4n) is 3.58. The molecule has 2 aliphatic rings. The first-order valence-corrected chi connectivity index (χ1v) is 12.8. The Morgan fingerprint density at radius 3 is 2.58 bits per heavy atom. The molecule has 1 aliphatic carbocycles. The van der Waals surface area contributed by atoms with E-state index in [0.717, 1.165) is 18.9 Å². The molecule has 3 amide bonds. The Balaban J connectivity index is 1.56. The van der Waals surface area contributed by atoms with Gasteiger partial charge < -0.3 is 9.64 Å². The Labute approximate surface area is 193 Å². The largest absolute Gasteiger partial charge is 0.490 e. The zero-order chi connectivity index (χ0) is 24.2. The normalized spacial score (nSPS) is 17.9. The summed E-state index contributed by atoms with van der Waals surface area (Å²) in [6.07, 6.45) is 3.42. The number of sulfonamides is 1. The molecule has 1 aromatic rings. The number of nitrogens with zero attached hydrogens (tertiary/aromatic N) is 1. The summed E-state index contributed by atoms with van der Waals surface area (Å²) in [6, 6.07) is 2.21. The maximum absolute atomic E-state index is 15.0. The Morgan fingerprint density at radius 2 is 1.97 bits per heavy atom. The highest BCUT2D eigenvalue weighted by atomic mass is 32.2. The molecular weight excluding hydrogens is 456 g/mol. The van der Waals surface area contributed by atoms with Crippen molar-refractivity contribution in [3.8, 4) is 5.75 Å². The van der Waals surface area contributed by atoms with Crippen LogP contribution in [0.15, 0.2) is 18.2 Å². The molecule has 0 unspecified atom stereocenters. The third-order valence-electron chi connectivity index (χ3n) is 5.65. The number of rotatable bonds is 13. The molecule has 1 saturated heterocycles. The van der Waals surface area contributed by atoms with E-state index in [-0.39, 0.29) is 29.5 Å². The molecule has 0 bridgehead atoms. The number of unbranched alkanes of at least 4 members (excludes halogenated alkanes) is 2. The van der Waals surface area contributed by atoms with Crippen molar-refractivity contribution in [2.45, 2.75) is 57.7 Å². The van der Waals surface area contributed by atoms with Gasteiger partial charge in [-0.1, -0.05) is 12.5 Å². The van der Waals surface area contributed by atoms with Crippen molar-refractivity contribution < 1.29 is 31.5 Å². The van der Waals surface area contributed by atoms with Crippen molar-refractivity contribution in [1.29, 1.82) is 0 Å². The van der Waals surface area contributed by atoms with Gasteiger partial charge >= 0.3 is 6.03 Å². The number of amides is 3. The zero-order valence-corrected chi connectivity index (χ0v) is 19.7. The lowest BCUT2D eigenvalue weighted by atomic mass is 9.94. The first kappa shape index (κ1) is 25.4. The summed E-state index contributed by atoms with van der Waals surface area (Å²) in [5.41, 5.74) is -1.67. The topological polar surface area (TPSA) is 105 Å². The van der Waals surface area contributed by atoms with Crippen LogP contribution < -0.4 is 14.8 Å². The van der Waals surface area contributed by atoms with Crippen molar-refractivity contribution in [3.05, 3.63) is 29.6 Å². The number of alkyl halides is 1. The van der Waals surface area contributed by atoms with Crippen LogP contribution in [0.1, 0.15) is 57.6 Å². The molecule has 3 rings (SSSR count). The molecule has 0 radical (unpaired) electrons. The maximum Gasteiger partial charge on any atom is 0.324 e. The second-order valence-electron chi connectivity index (χ2n) is 9.21. The summed E-state index contributed by atoms with van der Waals surface area (Å²) in [5, 5.41) is 2.18. The average Bonchev–Trinajstić information content (AvgIpc) is 3.48. The van der Waals surface area contributed by atoms with Crippen LogP contribution in [0.3, 0.4) is 0 Å². The summed E-state index contributed by atoms with van der Waals surface area (Å²) in [7, 11) is -3.84. The number of carbonyl (C=O) groups is 2. The number of halogens is 2. The molecule has 1 aromatic carbocycles. The third kappa shape index (κ3) is 7.63. The Hall–Kier alpha value is -2.27. The van der Waals surface area contributed by atoms with Gasteiger partial charge in [-0.15, -0.1) is 0 Å². The molecule has 1 heterocycles. The molecule has 0 spiro atoms. The van der Waals surface area contributed by atoms with Crippen LogP contribution in [0.5, 0.6) is 5.75 Å². The second-order valence-corrected chi connectivity index (χ2v) is 11.1. The van der Waals surface area contributed by atoms with E-state index in [1.165, 1.54) is 30.9 Å². The lowest BCUT2D eigenvalue weighted by Crippen LogP contribution is -2.40. The van der Waals surface area contributed by atoms with Crippen molar-refractivity contribution in [2.24, 2.45) is 5.92 Å². The Bertz CT molecular complexity index is 977. The first-order chi connectivity index (χ1) is 15.4. The van der Waals surface area contributed by atoms with E-state index in [0.29, 0.717) is 38.3 Å². The van der Waals surface area contributed by atoms with Gasteiger partial charge in [-0.3, -0.25) is 10.1 Å². The van der Waals surface area contributed by atoms with Crippen LogP contribution in [0.2, 0.25) is 0 Å². The Morgan fingerprint density at radius 1 is 1.24 bits per heavy atom. The summed E-state index contributed by atoms with van der Waals surface area (Å²) >= 11 is 0. The molecule has 2 N–H and O–H groups in total. The van der Waals surface area contributed by atoms with E-state index in [4.69, 9.17) is 4.74 Å². The molecule has 184 valence electrons. The van der Waals surface area contributed by atoms with E-state index in [2.05, 4.69) is 10.0 Å². The number of hydrogen-bond acceptors (Lipinski definition) is 5. The highest BCUT2D eigenvalue weighted by molar-refractivity contribution is 7.89. The van der Waals surface area contributed by atoms with Crippen LogP contribution >= 0.6 is 0 Å². The van der Waals surface area contributed by atoms with Gasteiger partial charge in [0.2, 0.25) is 15.9 Å². The predicted octanol–water partition coefficient (Wildman–Crippen LogP) is 3.05.